The molecule has 632 valence electrons. The lowest BCUT2D eigenvalue weighted by molar-refractivity contribution is -0.168. The minimum Gasteiger partial charge on any atom is -0.481 e. The molecule has 39 heteroatoms. The van der Waals surface area contributed by atoms with Gasteiger partial charge in [-0.1, -0.05) is 76.2 Å². The van der Waals surface area contributed by atoms with Crippen LogP contribution in [0, 0.1) is 47.3 Å². The van der Waals surface area contributed by atoms with Crippen molar-refractivity contribution in [1.29, 1.82) is 0 Å². The van der Waals surface area contributed by atoms with E-state index in [-0.39, 0.29) is 82.8 Å². The first-order valence-corrected chi connectivity index (χ1v) is 38.0. The van der Waals surface area contributed by atoms with Crippen molar-refractivity contribution < 1.29 is 112 Å². The van der Waals surface area contributed by atoms with Crippen LogP contribution >= 0.6 is 0 Å². The Morgan fingerprint density at radius 2 is 1.21 bits per heavy atom. The molecule has 111 heavy (non-hydrogen) atoms. The number of nitrogens with one attached hydrogen (secondary N) is 9. The molecule has 0 aliphatic carbocycles. The van der Waals surface area contributed by atoms with Crippen LogP contribution in [-0.4, -0.2) is 267 Å². The fourth-order valence-electron chi connectivity index (χ4n) is 13.1. The first-order valence-electron chi connectivity index (χ1n) is 38.0. The minimum atomic E-state index is -2.69. The number of fused-ring (bicyclic) bond motifs is 1. The van der Waals surface area contributed by atoms with Crippen molar-refractivity contribution in [2.45, 2.75) is 270 Å². The highest BCUT2D eigenvalue weighted by Gasteiger charge is 2.48. The van der Waals surface area contributed by atoms with Crippen molar-refractivity contribution in [2.24, 2.45) is 76.0 Å². The average Bonchev–Trinajstić information content (AvgIpc) is 0.811. The molecule has 1 unspecified atom stereocenters. The zero-order valence-electron chi connectivity index (χ0n) is 66.5. The highest BCUT2D eigenvalue weighted by atomic mass is 16.5. The normalized spacial score (nSPS) is 24.4. The van der Waals surface area contributed by atoms with E-state index < -0.39 is 266 Å². The van der Waals surface area contributed by atoms with Gasteiger partial charge in [0.05, 0.1) is 37.2 Å². The molecule has 0 spiro atoms. The Balaban J connectivity index is 3.13. The van der Waals surface area contributed by atoms with E-state index in [1.54, 1.807) is 34.6 Å². The van der Waals surface area contributed by atoms with Crippen LogP contribution in [0.15, 0.2) is 0 Å². The number of carboxylic acids is 1. The number of nitrogens with two attached hydrogens (primary N) is 5. The zero-order chi connectivity index (χ0) is 84.8. The quantitative estimate of drug-likeness (QED) is 0.0256. The molecule has 2 heterocycles. The third kappa shape index (κ3) is 30.7. The number of cyclic esters (lactones) is 1. The largest absolute Gasteiger partial charge is 0.481 e. The van der Waals surface area contributed by atoms with Gasteiger partial charge in [-0.25, -0.2) is 4.79 Å². The van der Waals surface area contributed by atoms with E-state index in [4.69, 9.17) is 38.1 Å². The fraction of sp³-hybridized carbons (Fsp3) is 0.778. The smallest absolute Gasteiger partial charge is 0.329 e. The third-order valence-electron chi connectivity index (χ3n) is 20.5. The number of carboxylic acid groups (broad SMARTS) is 1. The number of primary amides is 3. The van der Waals surface area contributed by atoms with E-state index in [9.17, 15) is 83.1 Å². The van der Waals surface area contributed by atoms with Gasteiger partial charge in [0.15, 0.2) is 6.10 Å². The maximum Gasteiger partial charge on any atom is 0.329 e. The summed E-state index contributed by atoms with van der Waals surface area (Å²) in [4.78, 5) is 229. The number of rotatable bonds is 38. The first kappa shape index (κ1) is 98.3. The van der Waals surface area contributed by atoms with Crippen LogP contribution < -0.4 is 76.5 Å². The molecule has 2 rings (SSSR count). The molecule has 2 saturated heterocycles. The Labute approximate surface area is 648 Å². The molecule has 0 radical (unpaired) electrons. The predicted molar refractivity (Wildman–Crippen MR) is 399 cm³/mol. The average molecular weight is 1580 g/mol. The summed E-state index contributed by atoms with van der Waals surface area (Å²) < 4.78 is 11.7. The lowest BCUT2D eigenvalue weighted by Gasteiger charge is -2.39. The number of aliphatic hydroxyl groups excluding tert-OH is 4. The number of carbonyl (C=O) groups is 16. The Morgan fingerprint density at radius 1 is 0.622 bits per heavy atom. The molecule has 2 aliphatic heterocycles. The maximum atomic E-state index is 15.5. The molecule has 39 nitrogen and oxygen atoms in total. The van der Waals surface area contributed by atoms with Gasteiger partial charge in [-0.05, 0) is 126 Å². The summed E-state index contributed by atoms with van der Waals surface area (Å²) in [6, 6.07) is -20.1. The molecule has 0 saturated carbocycles. The topological polar surface area (TPSA) is 638 Å². The minimum absolute atomic E-state index is 0.0192. The van der Waals surface area contributed by atoms with Gasteiger partial charge >= 0.3 is 11.9 Å². The van der Waals surface area contributed by atoms with E-state index in [2.05, 4.69) is 47.9 Å². The summed E-state index contributed by atoms with van der Waals surface area (Å²) >= 11 is 0. The first-order chi connectivity index (χ1) is 51.8. The number of ether oxygens (including phenoxy) is 2. The van der Waals surface area contributed by atoms with Gasteiger partial charge < -0.3 is 121 Å². The van der Waals surface area contributed by atoms with Crippen LogP contribution in [-0.2, 0) is 86.2 Å². The molecular formula is C72H126N16O23. The van der Waals surface area contributed by atoms with Crippen LogP contribution in [0.3, 0.4) is 0 Å². The molecule has 24 N–H and O–H groups in total. The third-order valence-corrected chi connectivity index (χ3v) is 20.5. The molecule has 0 aromatic carbocycles. The molecule has 0 aromatic rings. The van der Waals surface area contributed by atoms with Crippen molar-refractivity contribution in [3.05, 3.63) is 0 Å². The number of methoxy groups -OCH3 is 1. The number of aliphatic carboxylic acids is 1. The summed E-state index contributed by atoms with van der Waals surface area (Å²) in [7, 11) is 2.31. The Bertz CT molecular complexity index is 3180. The number of piperidine rings is 1. The Kier molecular flexibility index (Phi) is 42.1. The second-order valence-electron chi connectivity index (χ2n) is 30.5. The van der Waals surface area contributed by atoms with E-state index in [1.165, 1.54) is 34.6 Å². The van der Waals surface area contributed by atoms with Gasteiger partial charge in [0, 0.05) is 39.5 Å². The zero-order valence-corrected chi connectivity index (χ0v) is 66.5. The van der Waals surface area contributed by atoms with E-state index in [1.807, 2.05) is 13.8 Å². The summed E-state index contributed by atoms with van der Waals surface area (Å²) in [6.07, 6.45) is -12.4. The van der Waals surface area contributed by atoms with Crippen molar-refractivity contribution in [3.63, 3.8) is 0 Å². The lowest BCUT2D eigenvalue weighted by atomic mass is 9.85. The number of aliphatic hydroxyl groups is 4. The summed E-state index contributed by atoms with van der Waals surface area (Å²) in [5.74, 6) is -25.2. The molecule has 14 amide bonds. The van der Waals surface area contributed by atoms with Crippen LogP contribution in [0.4, 0.5) is 0 Å². The lowest BCUT2D eigenvalue weighted by Crippen LogP contribution is -2.65. The fourth-order valence-corrected chi connectivity index (χ4v) is 13.1. The van der Waals surface area contributed by atoms with Gasteiger partial charge in [-0.3, -0.25) is 71.9 Å². The Morgan fingerprint density at radius 3 is 1.75 bits per heavy atom. The second-order valence-corrected chi connectivity index (χ2v) is 30.5. The monoisotopic (exact) mass is 1580 g/mol. The predicted octanol–water partition coefficient (Wildman–Crippen LogP) is -5.51. The van der Waals surface area contributed by atoms with Crippen molar-refractivity contribution in [2.75, 3.05) is 40.4 Å². The second kappa shape index (κ2) is 47.6. The van der Waals surface area contributed by atoms with Crippen LogP contribution in [0.1, 0.15) is 173 Å². The molecule has 21 atom stereocenters. The summed E-state index contributed by atoms with van der Waals surface area (Å²) in [6.45, 7) is 17.3. The summed E-state index contributed by atoms with van der Waals surface area (Å²) in [5, 5.41) is 78.1. The van der Waals surface area contributed by atoms with Crippen LogP contribution in [0.5, 0.6) is 0 Å². The van der Waals surface area contributed by atoms with Crippen molar-refractivity contribution in [1.82, 2.24) is 57.7 Å². The molecule has 0 bridgehead atoms. The van der Waals surface area contributed by atoms with Gasteiger partial charge in [0.25, 0.3) is 5.91 Å². The van der Waals surface area contributed by atoms with Gasteiger partial charge in [-0.2, -0.15) is 0 Å². The van der Waals surface area contributed by atoms with Crippen LogP contribution in [0.25, 0.3) is 0 Å². The highest BCUT2D eigenvalue weighted by molar-refractivity contribution is 6.00. The number of hydrogen-bond donors (Lipinski definition) is 19. The highest BCUT2D eigenvalue weighted by Crippen LogP contribution is 2.28. The summed E-state index contributed by atoms with van der Waals surface area (Å²) in [5.41, 5.74) is 28.5. The van der Waals surface area contributed by atoms with Gasteiger partial charge in [0.1, 0.15) is 72.6 Å². The number of esters is 1. The van der Waals surface area contributed by atoms with E-state index in [0.29, 0.717) is 6.42 Å². The van der Waals surface area contributed by atoms with E-state index >= 15 is 19.2 Å². The van der Waals surface area contributed by atoms with E-state index in [0.717, 1.165) is 24.0 Å². The number of nitrogens with zero attached hydrogens (tertiary/aromatic N) is 2. The maximum absolute atomic E-state index is 15.5. The molecule has 2 fully saturated rings. The molecule has 2 aliphatic rings. The number of amides is 14. The Hall–Kier alpha value is -8.76. The number of likely N-dealkylation sites (N-methyl/N-ethyl adjacent to an activating group) is 1. The molecule has 0 aromatic heterocycles. The van der Waals surface area contributed by atoms with Crippen LogP contribution in [0.2, 0.25) is 0 Å². The number of carbonyl (C=O) groups excluding carboxylic acids is 15. The standard InChI is InChI=1S/C72H126N16O23/c1-33(2)29-36(7)56(94)40(11)61(98)79-43(19-17-26-73)62(99)78-42(22-24-50(75)90)57(95)58(96)69(106)84-53(38(9)39(10)60(77)97)66(103)86-55-59(37(8)35(5)6)111-72(109)49-21-15-16-28-88(49)71(108)46(31-52(92)93)82-67(104)54(41(12)110-14)85-65(102)48(23-25-51(76)91)87(13)70(107)45(30-34(3)4)81-63(100)44(20-18-27-74)80-64(101)47(32-89)83-68(55)105/h33-49,53-59,89,94-96H,15-32,73-74H2,1-14H3,(H2,75,90)(H2,76,91)(H2,77,97)(H,78,99)(H,79,98)(H,80,101)(H,81,100)(H,82,104)(H,83,105)(H,84,106)(H,85,102)(H,86,103)(H,92,93)/t36-,37-,38+,39-,40-,41-,42+,43-,44-,45+,46-,47?,48+,49+,53+,54+,55-,56-,57-,58-,59+/m1/s1. The molecular weight excluding hydrogens is 1460 g/mol. The van der Waals surface area contributed by atoms with Crippen molar-refractivity contribution >= 4 is 94.6 Å². The van der Waals surface area contributed by atoms with Gasteiger partial charge in [0.2, 0.25) is 76.8 Å². The van der Waals surface area contributed by atoms with Gasteiger partial charge in [-0.15, -0.1) is 0 Å². The number of hydrogen-bond acceptors (Lipinski definition) is 24. The van der Waals surface area contributed by atoms with Crippen molar-refractivity contribution in [3.8, 4) is 0 Å². The SMILES string of the molecule is CO[C@H](C)[C@@H]1NC(=O)[C@H](CCC(N)=O)N(C)C(=O)[C@H](CC(C)C)NC(=O)[C@@H](CCCN)NC(=O)C(CO)NC(=O)[C@H](NC(=O)[C@@H](NC(=O)[C@H](O)[C@H](O)[C@H](CCC(N)=O)NC(=O)[C@@H](CCCN)NC(=O)[C@H](C)[C@H](O)[C@H](C)CC(C)C)[C@@H](C)[C@@H](C)C(N)=O)[C@H]([C@H](C)C(C)C)OC(=O)[C@@H]2CCCCN2C(=O)[C@@H](CC(=O)O)NC1=O.